The van der Waals surface area contributed by atoms with Gasteiger partial charge in [-0.3, -0.25) is 0 Å². The second-order valence-corrected chi connectivity index (χ2v) is 9.09. The molecule has 3 aromatic rings. The molecule has 0 fully saturated rings. The zero-order valence-corrected chi connectivity index (χ0v) is 15.7. The van der Waals surface area contributed by atoms with Gasteiger partial charge in [0.1, 0.15) is 23.2 Å². The van der Waals surface area contributed by atoms with Gasteiger partial charge in [0, 0.05) is 0 Å². The molecule has 3 heteroatoms. The molecule has 0 aliphatic heterocycles. The van der Waals surface area contributed by atoms with E-state index in [0.29, 0.717) is 6.61 Å². The van der Waals surface area contributed by atoms with Crippen molar-refractivity contribution < 1.29 is 9.53 Å². The van der Waals surface area contributed by atoms with Gasteiger partial charge in [0.05, 0.1) is 18.5 Å². The molecule has 0 unspecified atom stereocenters. The lowest BCUT2D eigenvalue weighted by molar-refractivity contribution is -0.137. The van der Waals surface area contributed by atoms with Gasteiger partial charge in [-0.05, 0) is 43.3 Å². The highest BCUT2D eigenvalue weighted by Gasteiger charge is 2.43. The fraction of sp³-hybridized carbons (Fsp3) is 0.0870. The van der Waals surface area contributed by atoms with Crippen LogP contribution in [0.25, 0.3) is 0 Å². The molecule has 0 saturated heterocycles. The third-order valence-corrected chi connectivity index (χ3v) is 8.15. The summed E-state index contributed by atoms with van der Waals surface area (Å²) in [5.41, 5.74) is 0. The lowest BCUT2D eigenvalue weighted by Crippen LogP contribution is -2.29. The standard InChI is InChI=1S/C23H22O2P/c1-2-25-23(24)18-19-26(20-12-6-3-7-13-20,21-14-8-4-9-15-21)22-16-10-5-11-17-22/h3-19H,2H2,1H3/q+1/b19-18-. The van der Waals surface area contributed by atoms with Crippen molar-refractivity contribution in [2.45, 2.75) is 6.92 Å². The third-order valence-electron chi connectivity index (χ3n) is 4.21. The van der Waals surface area contributed by atoms with Crippen molar-refractivity contribution >= 4 is 29.1 Å². The number of carbonyl (C=O) groups is 1. The van der Waals surface area contributed by atoms with E-state index in [9.17, 15) is 4.79 Å². The van der Waals surface area contributed by atoms with Crippen molar-refractivity contribution in [1.29, 1.82) is 0 Å². The number of hydrogen-bond acceptors (Lipinski definition) is 2. The van der Waals surface area contributed by atoms with Crippen LogP contribution in [-0.4, -0.2) is 12.6 Å². The maximum Gasteiger partial charge on any atom is 0.334 e. The first kappa shape index (κ1) is 18.1. The molecule has 0 bridgehead atoms. The Morgan fingerprint density at radius 1 is 0.769 bits per heavy atom. The van der Waals surface area contributed by atoms with E-state index in [4.69, 9.17) is 4.74 Å². The van der Waals surface area contributed by atoms with E-state index in [2.05, 4.69) is 42.2 Å². The lowest BCUT2D eigenvalue weighted by Gasteiger charge is -2.23. The highest BCUT2D eigenvalue weighted by molar-refractivity contribution is 7.98. The van der Waals surface area contributed by atoms with Crippen molar-refractivity contribution in [2.75, 3.05) is 6.61 Å². The number of rotatable bonds is 6. The van der Waals surface area contributed by atoms with E-state index in [1.807, 2.05) is 61.5 Å². The van der Waals surface area contributed by atoms with Crippen LogP contribution in [0.15, 0.2) is 103 Å². The topological polar surface area (TPSA) is 26.3 Å². The molecule has 0 heterocycles. The van der Waals surface area contributed by atoms with Crippen molar-refractivity contribution in [2.24, 2.45) is 0 Å². The minimum absolute atomic E-state index is 0.306. The Morgan fingerprint density at radius 3 is 1.50 bits per heavy atom. The first-order chi connectivity index (χ1) is 12.8. The maximum atomic E-state index is 12.1. The molecule has 0 N–H and O–H groups in total. The summed E-state index contributed by atoms with van der Waals surface area (Å²) < 4.78 is 5.14. The zero-order chi connectivity index (χ0) is 18.2. The highest BCUT2D eigenvalue weighted by atomic mass is 31.2. The first-order valence-electron chi connectivity index (χ1n) is 8.69. The molecular weight excluding hydrogens is 339 g/mol. The second kappa shape index (κ2) is 8.60. The van der Waals surface area contributed by atoms with Crippen LogP contribution in [0.1, 0.15) is 6.92 Å². The Labute approximate surface area is 155 Å². The lowest BCUT2D eigenvalue weighted by atomic mass is 10.4. The Hall–Kier alpha value is -2.70. The van der Waals surface area contributed by atoms with Gasteiger partial charge in [-0.25, -0.2) is 4.79 Å². The molecule has 0 aliphatic rings. The summed E-state index contributed by atoms with van der Waals surface area (Å²) in [4.78, 5) is 12.1. The van der Waals surface area contributed by atoms with Gasteiger partial charge in [0.2, 0.25) is 0 Å². The van der Waals surface area contributed by atoms with Gasteiger partial charge in [-0.2, -0.15) is 0 Å². The van der Waals surface area contributed by atoms with Crippen LogP contribution in [0.4, 0.5) is 0 Å². The summed E-state index contributed by atoms with van der Waals surface area (Å²) in [5.74, 6) is 1.75. The first-order valence-corrected chi connectivity index (χ1v) is 10.5. The molecule has 3 aromatic carbocycles. The van der Waals surface area contributed by atoms with E-state index in [1.54, 1.807) is 6.08 Å². The van der Waals surface area contributed by atoms with Crippen LogP contribution < -0.4 is 15.9 Å². The van der Waals surface area contributed by atoms with Crippen LogP contribution in [0.5, 0.6) is 0 Å². The molecule has 0 spiro atoms. The largest absolute Gasteiger partial charge is 0.463 e. The molecule has 0 aromatic heterocycles. The van der Waals surface area contributed by atoms with E-state index < -0.39 is 7.26 Å². The Balaban J connectivity index is 2.26. The molecule has 130 valence electrons. The predicted octanol–water partition coefficient (Wildman–Crippen LogP) is 4.06. The normalized spacial score (nSPS) is 11.4. The van der Waals surface area contributed by atoms with Gasteiger partial charge in [0.25, 0.3) is 0 Å². The fourth-order valence-corrected chi connectivity index (χ4v) is 6.74. The van der Waals surface area contributed by atoms with E-state index in [1.165, 1.54) is 15.9 Å². The van der Waals surface area contributed by atoms with Crippen LogP contribution in [0.2, 0.25) is 0 Å². The zero-order valence-electron chi connectivity index (χ0n) is 14.8. The summed E-state index contributed by atoms with van der Waals surface area (Å²) in [5, 5.41) is 3.62. The van der Waals surface area contributed by atoms with Gasteiger partial charge < -0.3 is 4.74 Å². The molecule has 0 saturated carbocycles. The number of hydrogen-bond donors (Lipinski definition) is 0. The number of ether oxygens (including phenoxy) is 1. The molecule has 0 aliphatic carbocycles. The average Bonchev–Trinajstić information content (AvgIpc) is 2.71. The van der Waals surface area contributed by atoms with Crippen LogP contribution in [-0.2, 0) is 9.53 Å². The highest BCUT2D eigenvalue weighted by Crippen LogP contribution is 2.56. The Bertz CT molecular complexity index is 762. The van der Waals surface area contributed by atoms with Gasteiger partial charge >= 0.3 is 5.97 Å². The number of esters is 1. The van der Waals surface area contributed by atoms with Crippen LogP contribution in [0, 0.1) is 0 Å². The smallest absolute Gasteiger partial charge is 0.334 e. The molecule has 2 nitrogen and oxygen atoms in total. The number of carbonyl (C=O) groups excluding carboxylic acids is 1. The molecular formula is C23H22O2P+. The predicted molar refractivity (Wildman–Crippen MR) is 111 cm³/mol. The van der Waals surface area contributed by atoms with E-state index in [0.717, 1.165) is 0 Å². The molecule has 26 heavy (non-hydrogen) atoms. The fourth-order valence-electron chi connectivity index (χ4n) is 3.06. The molecule has 0 radical (unpaired) electrons. The Kier molecular flexibility index (Phi) is 5.99. The third kappa shape index (κ3) is 3.76. The van der Waals surface area contributed by atoms with E-state index >= 15 is 0 Å². The van der Waals surface area contributed by atoms with Crippen LogP contribution >= 0.6 is 7.26 Å². The molecule has 0 atom stereocenters. The van der Waals surface area contributed by atoms with Gasteiger partial charge in [0.15, 0.2) is 0 Å². The van der Waals surface area contributed by atoms with Crippen molar-refractivity contribution in [3.63, 3.8) is 0 Å². The van der Waals surface area contributed by atoms with Gasteiger partial charge in [-0.15, -0.1) is 0 Å². The monoisotopic (exact) mass is 361 g/mol. The van der Waals surface area contributed by atoms with Crippen molar-refractivity contribution in [3.05, 3.63) is 103 Å². The minimum atomic E-state index is -2.11. The van der Waals surface area contributed by atoms with Gasteiger partial charge in [-0.1, -0.05) is 54.6 Å². The summed E-state index contributed by atoms with van der Waals surface area (Å²) in [7, 11) is -2.11. The van der Waals surface area contributed by atoms with Crippen molar-refractivity contribution in [3.8, 4) is 0 Å². The summed E-state index contributed by atoms with van der Waals surface area (Å²) in [6.45, 7) is 2.19. The minimum Gasteiger partial charge on any atom is -0.463 e. The van der Waals surface area contributed by atoms with E-state index in [-0.39, 0.29) is 5.97 Å². The molecule has 0 amide bonds. The average molecular weight is 361 g/mol. The SMILES string of the molecule is CCOC(=O)/C=C\[P+](c1ccccc1)(c1ccccc1)c1ccccc1. The summed E-state index contributed by atoms with van der Waals surface area (Å²) >= 11 is 0. The molecule has 3 rings (SSSR count). The number of benzene rings is 3. The van der Waals surface area contributed by atoms with Crippen LogP contribution in [0.3, 0.4) is 0 Å². The summed E-state index contributed by atoms with van der Waals surface area (Å²) in [6.07, 6.45) is 1.59. The summed E-state index contributed by atoms with van der Waals surface area (Å²) in [6, 6.07) is 31.2. The quantitative estimate of drug-likeness (QED) is 0.376. The maximum absolute atomic E-state index is 12.1. The Morgan fingerprint density at radius 2 is 1.15 bits per heavy atom. The van der Waals surface area contributed by atoms with Crippen molar-refractivity contribution in [1.82, 2.24) is 0 Å². The second-order valence-electron chi connectivity index (χ2n) is 5.80.